The van der Waals surface area contributed by atoms with Crippen LogP contribution in [0.1, 0.15) is 23.6 Å². The fourth-order valence-corrected chi connectivity index (χ4v) is 1.76. The van der Waals surface area contributed by atoms with Gasteiger partial charge in [-0.25, -0.2) is 0 Å². The van der Waals surface area contributed by atoms with Crippen molar-refractivity contribution in [3.05, 3.63) is 40.5 Å². The number of benzene rings is 1. The van der Waals surface area contributed by atoms with E-state index in [2.05, 4.69) is 19.1 Å². The fraction of sp³-hybridized carbons (Fsp3) is 0.250. The van der Waals surface area contributed by atoms with Crippen LogP contribution in [0.4, 0.5) is 0 Å². The van der Waals surface area contributed by atoms with Crippen LogP contribution in [0, 0.1) is 6.92 Å². The zero-order chi connectivity index (χ0) is 9.42. The minimum Gasteiger partial charge on any atom is -0.295 e. The van der Waals surface area contributed by atoms with Gasteiger partial charge in [-0.15, -0.1) is 0 Å². The highest BCUT2D eigenvalue weighted by molar-refractivity contribution is 6.00. The van der Waals surface area contributed by atoms with E-state index in [0.29, 0.717) is 0 Å². The van der Waals surface area contributed by atoms with Crippen molar-refractivity contribution >= 4 is 11.9 Å². The van der Waals surface area contributed by atoms with E-state index < -0.39 is 0 Å². The van der Waals surface area contributed by atoms with Gasteiger partial charge in [-0.3, -0.25) is 4.79 Å². The van der Waals surface area contributed by atoms with Crippen LogP contribution in [-0.4, -0.2) is 5.78 Å². The van der Waals surface area contributed by atoms with Crippen molar-refractivity contribution in [2.45, 2.75) is 20.3 Å². The van der Waals surface area contributed by atoms with Crippen molar-refractivity contribution < 1.29 is 4.79 Å². The van der Waals surface area contributed by atoms with Gasteiger partial charge in [-0.1, -0.05) is 18.2 Å². The van der Waals surface area contributed by atoms with Gasteiger partial charge in [-0.2, -0.15) is 0 Å². The minimum atomic E-state index is 0.190. The van der Waals surface area contributed by atoms with Crippen molar-refractivity contribution in [1.29, 1.82) is 0 Å². The number of hydrogen-bond donors (Lipinski definition) is 0. The lowest BCUT2D eigenvalue weighted by atomic mass is 10.0. The summed E-state index contributed by atoms with van der Waals surface area (Å²) in [5.74, 6) is 0.190. The number of Topliss-reactive ketones (excluding diaryl/α,β-unsaturated/α-hetero) is 1. The topological polar surface area (TPSA) is 17.1 Å². The second-order valence-electron chi connectivity index (χ2n) is 3.55. The van der Waals surface area contributed by atoms with Gasteiger partial charge in [0.25, 0.3) is 0 Å². The summed E-state index contributed by atoms with van der Waals surface area (Å²) in [5, 5.41) is 0. The molecule has 0 bridgehead atoms. The Labute approximate surface area is 78.1 Å². The number of aryl methyl sites for hydroxylation is 1. The lowest BCUT2D eigenvalue weighted by Gasteiger charge is -2.01. The summed E-state index contributed by atoms with van der Waals surface area (Å²) >= 11 is 0. The molecule has 0 aliphatic heterocycles. The Balaban J connectivity index is 2.46. The van der Waals surface area contributed by atoms with Crippen LogP contribution in [0.3, 0.4) is 0 Å². The monoisotopic (exact) mass is 172 g/mol. The van der Waals surface area contributed by atoms with Gasteiger partial charge in [0.15, 0.2) is 5.78 Å². The first-order valence-corrected chi connectivity index (χ1v) is 4.48. The average Bonchev–Trinajstić information content (AvgIpc) is 2.49. The number of ketones is 1. The van der Waals surface area contributed by atoms with E-state index in [9.17, 15) is 4.79 Å². The van der Waals surface area contributed by atoms with Gasteiger partial charge in [0.1, 0.15) is 0 Å². The maximum atomic E-state index is 11.2. The van der Waals surface area contributed by atoms with Gasteiger partial charge in [0.05, 0.1) is 0 Å². The molecule has 0 spiro atoms. The summed E-state index contributed by atoms with van der Waals surface area (Å²) in [6, 6.07) is 6.20. The number of carbonyl (C=O) groups is 1. The SMILES string of the molecule is CC(=O)C1=Cc2cccc(C)c2C1. The summed E-state index contributed by atoms with van der Waals surface area (Å²) in [7, 11) is 0. The number of rotatable bonds is 1. The second kappa shape index (κ2) is 2.84. The molecule has 0 fully saturated rings. The number of hydrogen-bond acceptors (Lipinski definition) is 1. The van der Waals surface area contributed by atoms with E-state index in [1.807, 2.05) is 12.1 Å². The molecule has 0 aromatic heterocycles. The maximum absolute atomic E-state index is 11.2. The summed E-state index contributed by atoms with van der Waals surface area (Å²) in [6.45, 7) is 3.72. The maximum Gasteiger partial charge on any atom is 0.156 e. The predicted octanol–water partition coefficient (Wildman–Crippen LogP) is 2.52. The van der Waals surface area contributed by atoms with Crippen LogP contribution in [0.2, 0.25) is 0 Å². The fourth-order valence-electron chi connectivity index (χ4n) is 1.76. The van der Waals surface area contributed by atoms with Crippen molar-refractivity contribution in [3.8, 4) is 0 Å². The number of carbonyl (C=O) groups excluding carboxylic acids is 1. The Bertz CT molecular complexity index is 400. The molecule has 2 rings (SSSR count). The Hall–Kier alpha value is -1.37. The van der Waals surface area contributed by atoms with E-state index in [1.165, 1.54) is 16.7 Å². The standard InChI is InChI=1S/C12H12O/c1-8-4-3-5-10-6-11(9(2)13)7-12(8)10/h3-6H,7H2,1-2H3. The minimum absolute atomic E-state index is 0.190. The summed E-state index contributed by atoms with van der Waals surface area (Å²) in [6.07, 6.45) is 2.82. The van der Waals surface area contributed by atoms with E-state index in [4.69, 9.17) is 0 Å². The highest BCUT2D eigenvalue weighted by Gasteiger charge is 2.16. The first-order valence-electron chi connectivity index (χ1n) is 4.48. The van der Waals surface area contributed by atoms with Gasteiger partial charge >= 0.3 is 0 Å². The molecule has 1 aromatic rings. The van der Waals surface area contributed by atoms with Crippen LogP contribution < -0.4 is 0 Å². The molecule has 1 aromatic carbocycles. The molecule has 66 valence electrons. The zero-order valence-corrected chi connectivity index (χ0v) is 7.92. The zero-order valence-electron chi connectivity index (χ0n) is 7.92. The van der Waals surface area contributed by atoms with E-state index in [-0.39, 0.29) is 5.78 Å². The second-order valence-corrected chi connectivity index (χ2v) is 3.55. The quantitative estimate of drug-likeness (QED) is 0.636. The van der Waals surface area contributed by atoms with Crippen LogP contribution in [0.5, 0.6) is 0 Å². The van der Waals surface area contributed by atoms with Gasteiger partial charge in [0.2, 0.25) is 0 Å². The highest BCUT2D eigenvalue weighted by atomic mass is 16.1. The Morgan fingerprint density at radius 2 is 2.15 bits per heavy atom. The molecule has 0 N–H and O–H groups in total. The molecule has 0 amide bonds. The normalized spacial score (nSPS) is 13.8. The molecule has 0 unspecified atom stereocenters. The van der Waals surface area contributed by atoms with Crippen molar-refractivity contribution in [2.75, 3.05) is 0 Å². The largest absolute Gasteiger partial charge is 0.295 e. The first kappa shape index (κ1) is 8.24. The van der Waals surface area contributed by atoms with Crippen molar-refractivity contribution in [3.63, 3.8) is 0 Å². The lowest BCUT2D eigenvalue weighted by molar-refractivity contribution is -0.113. The molecule has 0 atom stereocenters. The number of fused-ring (bicyclic) bond motifs is 1. The van der Waals surface area contributed by atoms with Crippen LogP contribution >= 0.6 is 0 Å². The summed E-state index contributed by atoms with van der Waals surface area (Å²) in [4.78, 5) is 11.2. The van der Waals surface area contributed by atoms with Crippen LogP contribution in [0.15, 0.2) is 23.8 Å². The number of allylic oxidation sites excluding steroid dienone is 1. The molecule has 0 saturated heterocycles. The van der Waals surface area contributed by atoms with E-state index in [0.717, 1.165) is 12.0 Å². The van der Waals surface area contributed by atoms with Crippen LogP contribution in [-0.2, 0) is 11.2 Å². The molecule has 1 aliphatic carbocycles. The molecular weight excluding hydrogens is 160 g/mol. The lowest BCUT2D eigenvalue weighted by Crippen LogP contribution is -1.96. The molecule has 1 nitrogen and oxygen atoms in total. The third kappa shape index (κ3) is 1.31. The predicted molar refractivity (Wildman–Crippen MR) is 53.5 cm³/mol. The van der Waals surface area contributed by atoms with E-state index in [1.54, 1.807) is 6.92 Å². The van der Waals surface area contributed by atoms with E-state index >= 15 is 0 Å². The molecule has 1 aliphatic rings. The van der Waals surface area contributed by atoms with Crippen molar-refractivity contribution in [2.24, 2.45) is 0 Å². The third-order valence-electron chi connectivity index (χ3n) is 2.60. The van der Waals surface area contributed by atoms with Crippen LogP contribution in [0.25, 0.3) is 6.08 Å². The smallest absolute Gasteiger partial charge is 0.156 e. The summed E-state index contributed by atoms with van der Waals surface area (Å²) in [5.41, 5.74) is 4.74. The van der Waals surface area contributed by atoms with Gasteiger partial charge in [0, 0.05) is 6.42 Å². The Morgan fingerprint density at radius 1 is 1.38 bits per heavy atom. The summed E-state index contributed by atoms with van der Waals surface area (Å²) < 4.78 is 0. The first-order chi connectivity index (χ1) is 6.18. The third-order valence-corrected chi connectivity index (χ3v) is 2.60. The molecule has 0 radical (unpaired) electrons. The molecule has 13 heavy (non-hydrogen) atoms. The Kier molecular flexibility index (Phi) is 1.80. The highest BCUT2D eigenvalue weighted by Crippen LogP contribution is 2.27. The van der Waals surface area contributed by atoms with Crippen molar-refractivity contribution in [1.82, 2.24) is 0 Å². The van der Waals surface area contributed by atoms with Gasteiger partial charge < -0.3 is 0 Å². The molecule has 1 heteroatoms. The molecular formula is C12H12O. The van der Waals surface area contributed by atoms with Gasteiger partial charge in [-0.05, 0) is 42.2 Å². The average molecular weight is 172 g/mol. The Morgan fingerprint density at radius 3 is 2.77 bits per heavy atom. The molecule has 0 saturated carbocycles. The molecule has 0 heterocycles.